The van der Waals surface area contributed by atoms with Gasteiger partial charge in [-0.25, -0.2) is 0 Å². The van der Waals surface area contributed by atoms with Crippen LogP contribution in [-0.2, 0) is 9.53 Å². The second-order valence-corrected chi connectivity index (χ2v) is 3.69. The van der Waals surface area contributed by atoms with E-state index in [0.29, 0.717) is 10.0 Å². The number of hydrogen-bond acceptors (Lipinski definition) is 2. The Hall–Kier alpha value is -0.990. The van der Waals surface area contributed by atoms with Crippen molar-refractivity contribution in [2.45, 2.75) is 6.42 Å². The van der Waals surface area contributed by atoms with Crippen LogP contribution in [0.2, 0.25) is 10.0 Å². The van der Waals surface area contributed by atoms with Gasteiger partial charge in [-0.15, -0.1) is 0 Å². The number of hydrogen-bond donors (Lipinski definition) is 0. The first-order valence-corrected chi connectivity index (χ1v) is 5.07. The van der Waals surface area contributed by atoms with Crippen LogP contribution in [0.5, 0.6) is 0 Å². The SMILES string of the molecule is COC(=O)CC=Cc1cc(Cl)ccc1Cl. The van der Waals surface area contributed by atoms with Crippen molar-refractivity contribution >= 4 is 35.2 Å². The van der Waals surface area contributed by atoms with E-state index in [-0.39, 0.29) is 12.4 Å². The molecule has 0 aliphatic rings. The number of esters is 1. The van der Waals surface area contributed by atoms with Gasteiger partial charge in [0.1, 0.15) is 0 Å². The fraction of sp³-hybridized carbons (Fsp3) is 0.182. The van der Waals surface area contributed by atoms with Crippen molar-refractivity contribution in [3.8, 4) is 0 Å². The standard InChI is InChI=1S/C11H10Cl2O2/c1-15-11(14)4-2-3-8-7-9(12)5-6-10(8)13/h2-3,5-7H,4H2,1H3. The van der Waals surface area contributed by atoms with Crippen LogP contribution in [0.15, 0.2) is 24.3 Å². The lowest BCUT2D eigenvalue weighted by Crippen LogP contribution is -1.96. The zero-order valence-electron chi connectivity index (χ0n) is 8.17. The summed E-state index contributed by atoms with van der Waals surface area (Å²) in [6, 6.07) is 5.15. The second-order valence-electron chi connectivity index (χ2n) is 2.85. The molecule has 0 spiro atoms. The number of ether oxygens (including phenoxy) is 1. The van der Waals surface area contributed by atoms with Crippen LogP contribution in [0.25, 0.3) is 6.08 Å². The molecule has 0 aliphatic carbocycles. The molecule has 1 rings (SSSR count). The number of carbonyl (C=O) groups excluding carboxylic acids is 1. The molecule has 1 aromatic rings. The van der Waals surface area contributed by atoms with Crippen molar-refractivity contribution in [3.63, 3.8) is 0 Å². The molecule has 0 atom stereocenters. The number of benzene rings is 1. The third kappa shape index (κ3) is 3.94. The molecular formula is C11H10Cl2O2. The Morgan fingerprint density at radius 3 is 2.87 bits per heavy atom. The molecule has 0 saturated heterocycles. The quantitative estimate of drug-likeness (QED) is 0.761. The minimum atomic E-state index is -0.288. The van der Waals surface area contributed by atoms with Crippen LogP contribution in [0.1, 0.15) is 12.0 Å². The molecule has 0 unspecified atom stereocenters. The van der Waals surface area contributed by atoms with E-state index in [9.17, 15) is 4.79 Å². The van der Waals surface area contributed by atoms with Crippen LogP contribution >= 0.6 is 23.2 Å². The lowest BCUT2D eigenvalue weighted by atomic mass is 10.2. The smallest absolute Gasteiger partial charge is 0.309 e. The molecule has 0 fully saturated rings. The minimum Gasteiger partial charge on any atom is -0.469 e. The topological polar surface area (TPSA) is 26.3 Å². The van der Waals surface area contributed by atoms with Gasteiger partial charge in [-0.2, -0.15) is 0 Å². The Kier molecular flexibility index (Phi) is 4.66. The highest BCUT2D eigenvalue weighted by Gasteiger charge is 1.98. The van der Waals surface area contributed by atoms with E-state index in [1.165, 1.54) is 7.11 Å². The maximum absolute atomic E-state index is 10.8. The van der Waals surface area contributed by atoms with E-state index in [1.807, 2.05) is 0 Å². The Morgan fingerprint density at radius 2 is 2.20 bits per heavy atom. The van der Waals surface area contributed by atoms with Crippen LogP contribution in [0.3, 0.4) is 0 Å². The van der Waals surface area contributed by atoms with Gasteiger partial charge in [-0.1, -0.05) is 35.4 Å². The normalized spacial score (nSPS) is 10.6. The van der Waals surface area contributed by atoms with Gasteiger partial charge in [0.15, 0.2) is 0 Å². The highest BCUT2D eigenvalue weighted by atomic mass is 35.5. The summed E-state index contributed by atoms with van der Waals surface area (Å²) in [5.41, 5.74) is 0.785. The number of carbonyl (C=O) groups is 1. The molecule has 2 nitrogen and oxygen atoms in total. The second kappa shape index (κ2) is 5.79. The van der Waals surface area contributed by atoms with E-state index in [1.54, 1.807) is 30.4 Å². The van der Waals surface area contributed by atoms with Gasteiger partial charge >= 0.3 is 5.97 Å². The van der Waals surface area contributed by atoms with Crippen LogP contribution in [-0.4, -0.2) is 13.1 Å². The van der Waals surface area contributed by atoms with Crippen LogP contribution < -0.4 is 0 Å². The molecule has 1 aromatic carbocycles. The Morgan fingerprint density at radius 1 is 1.47 bits per heavy atom. The van der Waals surface area contributed by atoms with E-state index in [2.05, 4.69) is 4.74 Å². The van der Waals surface area contributed by atoms with Crippen molar-refractivity contribution in [1.82, 2.24) is 0 Å². The summed E-state index contributed by atoms with van der Waals surface area (Å²) >= 11 is 11.7. The number of rotatable bonds is 3. The monoisotopic (exact) mass is 244 g/mol. The average Bonchev–Trinajstić information content (AvgIpc) is 2.23. The zero-order chi connectivity index (χ0) is 11.3. The maximum atomic E-state index is 10.8. The molecule has 0 saturated carbocycles. The van der Waals surface area contributed by atoms with Crippen molar-refractivity contribution in [2.75, 3.05) is 7.11 Å². The fourth-order valence-electron chi connectivity index (χ4n) is 1.01. The van der Waals surface area contributed by atoms with Crippen LogP contribution in [0.4, 0.5) is 0 Å². The van der Waals surface area contributed by atoms with Crippen molar-refractivity contribution in [2.24, 2.45) is 0 Å². The first kappa shape index (κ1) is 12.1. The molecule has 0 radical (unpaired) electrons. The Balaban J connectivity index is 2.71. The summed E-state index contributed by atoms with van der Waals surface area (Å²) < 4.78 is 4.49. The van der Waals surface area contributed by atoms with Crippen molar-refractivity contribution < 1.29 is 9.53 Å². The van der Waals surface area contributed by atoms with Crippen molar-refractivity contribution in [1.29, 1.82) is 0 Å². The fourth-order valence-corrected chi connectivity index (χ4v) is 1.37. The van der Waals surface area contributed by atoms with Gasteiger partial charge in [-0.05, 0) is 23.8 Å². The zero-order valence-corrected chi connectivity index (χ0v) is 9.68. The number of methoxy groups -OCH3 is 1. The summed E-state index contributed by atoms with van der Waals surface area (Å²) in [4.78, 5) is 10.8. The molecule has 4 heteroatoms. The summed E-state index contributed by atoms with van der Waals surface area (Å²) in [5.74, 6) is -0.288. The van der Waals surface area contributed by atoms with Gasteiger partial charge in [0.2, 0.25) is 0 Å². The van der Waals surface area contributed by atoms with Gasteiger partial charge in [-0.3, -0.25) is 4.79 Å². The summed E-state index contributed by atoms with van der Waals surface area (Å²) in [5, 5.41) is 1.21. The van der Waals surface area contributed by atoms with Gasteiger partial charge < -0.3 is 4.74 Å². The molecule has 0 bridgehead atoms. The molecule has 0 heterocycles. The highest BCUT2D eigenvalue weighted by Crippen LogP contribution is 2.21. The summed E-state index contributed by atoms with van der Waals surface area (Å²) in [6.45, 7) is 0. The summed E-state index contributed by atoms with van der Waals surface area (Å²) in [6.07, 6.45) is 3.65. The molecule has 0 N–H and O–H groups in total. The lowest BCUT2D eigenvalue weighted by Gasteiger charge is -1.98. The highest BCUT2D eigenvalue weighted by molar-refractivity contribution is 6.34. The molecule has 0 amide bonds. The average molecular weight is 245 g/mol. The Labute approximate surface area is 98.4 Å². The van der Waals surface area contributed by atoms with Gasteiger partial charge in [0.25, 0.3) is 0 Å². The third-order valence-corrected chi connectivity index (χ3v) is 2.35. The molecular weight excluding hydrogens is 235 g/mol. The predicted octanol–water partition coefficient (Wildman–Crippen LogP) is 3.57. The van der Waals surface area contributed by atoms with Crippen LogP contribution in [0, 0.1) is 0 Å². The minimum absolute atomic E-state index is 0.222. The third-order valence-electron chi connectivity index (χ3n) is 1.77. The first-order valence-electron chi connectivity index (χ1n) is 4.32. The summed E-state index contributed by atoms with van der Waals surface area (Å²) in [7, 11) is 1.35. The predicted molar refractivity (Wildman–Crippen MR) is 62.1 cm³/mol. The Bertz CT molecular complexity index is 386. The molecule has 0 aromatic heterocycles. The van der Waals surface area contributed by atoms with E-state index < -0.39 is 0 Å². The van der Waals surface area contributed by atoms with E-state index in [4.69, 9.17) is 23.2 Å². The largest absolute Gasteiger partial charge is 0.469 e. The van der Waals surface area contributed by atoms with Gasteiger partial charge in [0.05, 0.1) is 13.5 Å². The maximum Gasteiger partial charge on any atom is 0.309 e. The van der Waals surface area contributed by atoms with Gasteiger partial charge in [0, 0.05) is 10.0 Å². The molecule has 15 heavy (non-hydrogen) atoms. The first-order chi connectivity index (χ1) is 7.13. The molecule has 0 aliphatic heterocycles. The molecule has 80 valence electrons. The lowest BCUT2D eigenvalue weighted by molar-refractivity contribution is -0.139. The van der Waals surface area contributed by atoms with Crippen molar-refractivity contribution in [3.05, 3.63) is 39.9 Å². The van der Waals surface area contributed by atoms with E-state index >= 15 is 0 Å². The number of halogens is 2. The van der Waals surface area contributed by atoms with E-state index in [0.717, 1.165) is 5.56 Å².